The first kappa shape index (κ1) is 15.9. The number of rotatable bonds is 2. The molecule has 0 saturated heterocycles. The van der Waals surface area contributed by atoms with Gasteiger partial charge in [-0.1, -0.05) is 0 Å². The fraction of sp³-hybridized carbons (Fsp3) is 0. The molecule has 4 rings (SSSR count). The topological polar surface area (TPSA) is 74.2 Å². The van der Waals surface area contributed by atoms with Crippen LogP contribution in [0.4, 0.5) is 10.2 Å². The summed E-state index contributed by atoms with van der Waals surface area (Å²) in [5, 5.41) is 10.0. The predicted molar refractivity (Wildman–Crippen MR) is 93.2 cm³/mol. The summed E-state index contributed by atoms with van der Waals surface area (Å²) < 4.78 is 13.0. The number of nitrogens with zero attached hydrogens (tertiary/aromatic N) is 3. The number of allylic oxidation sites excluding steroid dienone is 1. The number of pyridine rings is 1. The Labute approximate surface area is 143 Å². The van der Waals surface area contributed by atoms with Gasteiger partial charge in [-0.25, -0.2) is 14.4 Å². The first-order valence-corrected chi connectivity index (χ1v) is 6.97. The fourth-order valence-electron chi connectivity index (χ4n) is 2.42. The van der Waals surface area contributed by atoms with E-state index in [9.17, 15) is 9.50 Å². The normalized spacial score (nSPS) is 13.8. The highest BCUT2D eigenvalue weighted by Crippen LogP contribution is 2.32. The molecule has 0 amide bonds. The van der Waals surface area contributed by atoms with E-state index in [0.717, 1.165) is 11.1 Å². The van der Waals surface area contributed by atoms with Crippen molar-refractivity contribution < 1.29 is 9.50 Å². The molecule has 2 N–H and O–H groups in total. The molecular weight excluding hydrogens is 331 g/mol. The SMILES string of the molecule is Cl.Oc1nc(-c2ccc(F)cc2)[nH]c1/C=C1\C=Nc2ncccc21. The maximum Gasteiger partial charge on any atom is 0.237 e. The number of aliphatic imine (C=N–C) groups is 1. The third-order valence-corrected chi connectivity index (χ3v) is 3.55. The lowest BCUT2D eigenvalue weighted by Gasteiger charge is -1.97. The van der Waals surface area contributed by atoms with E-state index in [1.165, 1.54) is 12.1 Å². The van der Waals surface area contributed by atoms with E-state index in [-0.39, 0.29) is 24.1 Å². The molecule has 7 heteroatoms. The van der Waals surface area contributed by atoms with Gasteiger partial charge in [-0.2, -0.15) is 4.98 Å². The third-order valence-electron chi connectivity index (χ3n) is 3.55. The molecule has 1 aliphatic rings. The van der Waals surface area contributed by atoms with Crippen LogP contribution in [0.1, 0.15) is 11.3 Å². The zero-order valence-electron chi connectivity index (χ0n) is 12.3. The molecule has 1 aliphatic heterocycles. The highest BCUT2D eigenvalue weighted by Gasteiger charge is 2.15. The molecule has 3 heterocycles. The maximum atomic E-state index is 13.0. The number of aromatic nitrogens is 3. The van der Waals surface area contributed by atoms with Crippen LogP contribution in [0.3, 0.4) is 0 Å². The molecule has 0 atom stereocenters. The summed E-state index contributed by atoms with van der Waals surface area (Å²) in [6.45, 7) is 0. The van der Waals surface area contributed by atoms with Gasteiger partial charge in [-0.3, -0.25) is 0 Å². The summed E-state index contributed by atoms with van der Waals surface area (Å²) in [6, 6.07) is 9.63. The van der Waals surface area contributed by atoms with Crippen molar-refractivity contribution in [1.82, 2.24) is 15.0 Å². The summed E-state index contributed by atoms with van der Waals surface area (Å²) in [6.07, 6.45) is 5.13. The van der Waals surface area contributed by atoms with Gasteiger partial charge in [0.2, 0.25) is 5.88 Å². The second kappa shape index (κ2) is 6.25. The Hall–Kier alpha value is -2.99. The van der Waals surface area contributed by atoms with Crippen LogP contribution < -0.4 is 0 Å². The van der Waals surface area contributed by atoms with Crippen molar-refractivity contribution in [3.8, 4) is 17.3 Å². The minimum atomic E-state index is -0.321. The number of hydrogen-bond donors (Lipinski definition) is 2. The Kier molecular flexibility index (Phi) is 4.14. The number of imidazole rings is 1. The van der Waals surface area contributed by atoms with E-state index < -0.39 is 0 Å². The van der Waals surface area contributed by atoms with Gasteiger partial charge in [0.15, 0.2) is 5.82 Å². The minimum absolute atomic E-state index is 0. The molecule has 24 heavy (non-hydrogen) atoms. The second-order valence-electron chi connectivity index (χ2n) is 5.06. The minimum Gasteiger partial charge on any atom is -0.492 e. The average molecular weight is 343 g/mol. The zero-order chi connectivity index (χ0) is 15.8. The molecule has 0 fully saturated rings. The third kappa shape index (κ3) is 2.79. The number of aromatic amines is 1. The van der Waals surface area contributed by atoms with Gasteiger partial charge in [-0.05, 0) is 42.5 Å². The monoisotopic (exact) mass is 342 g/mol. The Morgan fingerprint density at radius 3 is 2.71 bits per heavy atom. The van der Waals surface area contributed by atoms with E-state index in [1.54, 1.807) is 30.6 Å². The average Bonchev–Trinajstić information content (AvgIpc) is 3.13. The van der Waals surface area contributed by atoms with Crippen LogP contribution >= 0.6 is 12.4 Å². The number of halogens is 2. The maximum absolute atomic E-state index is 13.0. The number of hydrogen-bond acceptors (Lipinski definition) is 4. The van der Waals surface area contributed by atoms with Crippen LogP contribution in [0.2, 0.25) is 0 Å². The lowest BCUT2D eigenvalue weighted by Crippen LogP contribution is -1.83. The quantitative estimate of drug-likeness (QED) is 0.739. The van der Waals surface area contributed by atoms with Gasteiger partial charge in [0.25, 0.3) is 0 Å². The van der Waals surface area contributed by atoms with Crippen LogP contribution in [0.25, 0.3) is 23.0 Å². The van der Waals surface area contributed by atoms with Gasteiger partial charge in [0.05, 0.1) is 0 Å². The van der Waals surface area contributed by atoms with E-state index in [4.69, 9.17) is 0 Å². The van der Waals surface area contributed by atoms with E-state index in [0.29, 0.717) is 22.9 Å². The summed E-state index contributed by atoms with van der Waals surface area (Å²) in [5.74, 6) is 0.674. The molecular formula is C17H12ClFN4O. The van der Waals surface area contributed by atoms with Gasteiger partial charge >= 0.3 is 0 Å². The zero-order valence-corrected chi connectivity index (χ0v) is 13.1. The number of H-pyrrole nitrogens is 1. The molecule has 120 valence electrons. The van der Waals surface area contributed by atoms with E-state index in [1.807, 2.05) is 12.1 Å². The summed E-state index contributed by atoms with van der Waals surface area (Å²) in [5.41, 5.74) is 2.87. The van der Waals surface area contributed by atoms with Crippen molar-refractivity contribution in [1.29, 1.82) is 0 Å². The summed E-state index contributed by atoms with van der Waals surface area (Å²) >= 11 is 0. The Balaban J connectivity index is 0.00000169. The van der Waals surface area contributed by atoms with Crippen LogP contribution in [-0.2, 0) is 0 Å². The highest BCUT2D eigenvalue weighted by molar-refractivity contribution is 6.20. The molecule has 1 aromatic carbocycles. The molecule has 0 bridgehead atoms. The number of fused-ring (bicyclic) bond motifs is 1. The molecule has 0 aliphatic carbocycles. The lowest BCUT2D eigenvalue weighted by atomic mass is 10.1. The summed E-state index contributed by atoms with van der Waals surface area (Å²) in [4.78, 5) is 15.5. The van der Waals surface area contributed by atoms with Gasteiger partial charge in [0.1, 0.15) is 17.3 Å². The molecule has 0 radical (unpaired) electrons. The van der Waals surface area contributed by atoms with Crippen molar-refractivity contribution in [2.75, 3.05) is 0 Å². The van der Waals surface area contributed by atoms with Crippen LogP contribution in [0, 0.1) is 5.82 Å². The standard InChI is InChI=1S/C17H11FN4O.ClH/c18-12-5-3-10(4-6-12)15-21-14(17(23)22-15)8-11-9-20-16-13(11)2-1-7-19-16;/h1-9,23H,(H,21,22);1H/b11-8+;. The Morgan fingerprint density at radius 2 is 1.92 bits per heavy atom. The van der Waals surface area contributed by atoms with Crippen molar-refractivity contribution in [2.24, 2.45) is 4.99 Å². The van der Waals surface area contributed by atoms with E-state index in [2.05, 4.69) is 19.9 Å². The van der Waals surface area contributed by atoms with Gasteiger partial charge < -0.3 is 10.1 Å². The van der Waals surface area contributed by atoms with Crippen LogP contribution in [0.5, 0.6) is 5.88 Å². The Bertz CT molecular complexity index is 947. The molecule has 0 saturated carbocycles. The van der Waals surface area contributed by atoms with Crippen LogP contribution in [-0.4, -0.2) is 26.3 Å². The smallest absolute Gasteiger partial charge is 0.237 e. The van der Waals surface area contributed by atoms with Crippen molar-refractivity contribution >= 4 is 36.1 Å². The van der Waals surface area contributed by atoms with Gasteiger partial charge in [0, 0.05) is 29.1 Å². The number of aromatic hydroxyl groups is 1. The second-order valence-corrected chi connectivity index (χ2v) is 5.06. The number of nitrogens with one attached hydrogen (secondary N) is 1. The summed E-state index contributed by atoms with van der Waals surface area (Å²) in [7, 11) is 0. The molecule has 0 unspecified atom stereocenters. The lowest BCUT2D eigenvalue weighted by molar-refractivity contribution is 0.455. The predicted octanol–water partition coefficient (Wildman–Crippen LogP) is 3.99. The van der Waals surface area contributed by atoms with Gasteiger partial charge in [-0.15, -0.1) is 12.4 Å². The fourth-order valence-corrected chi connectivity index (χ4v) is 2.42. The van der Waals surface area contributed by atoms with Crippen molar-refractivity contribution in [2.45, 2.75) is 0 Å². The van der Waals surface area contributed by atoms with Crippen molar-refractivity contribution in [3.63, 3.8) is 0 Å². The first-order chi connectivity index (χ1) is 11.2. The Morgan fingerprint density at radius 1 is 1.12 bits per heavy atom. The highest BCUT2D eigenvalue weighted by atomic mass is 35.5. The largest absolute Gasteiger partial charge is 0.492 e. The number of benzene rings is 1. The van der Waals surface area contributed by atoms with Crippen LogP contribution in [0.15, 0.2) is 47.6 Å². The van der Waals surface area contributed by atoms with Crippen molar-refractivity contribution in [3.05, 3.63) is 59.7 Å². The molecule has 3 aromatic rings. The molecule has 2 aromatic heterocycles. The molecule has 0 spiro atoms. The first-order valence-electron chi connectivity index (χ1n) is 6.97. The molecule has 5 nitrogen and oxygen atoms in total. The van der Waals surface area contributed by atoms with E-state index >= 15 is 0 Å².